The summed E-state index contributed by atoms with van der Waals surface area (Å²) in [5.41, 5.74) is 20.4. The average Bonchev–Trinajstić information content (AvgIpc) is 3.54. The fourth-order valence-electron chi connectivity index (χ4n) is 7.04. The summed E-state index contributed by atoms with van der Waals surface area (Å²) in [5.74, 6) is 0. The number of nitrogen functional groups attached to an aromatic ring is 1. The molecule has 0 aliphatic heterocycles. The Hall–Kier alpha value is -6.52. The first-order valence-corrected chi connectivity index (χ1v) is 16.5. The van der Waals surface area contributed by atoms with Crippen molar-refractivity contribution in [1.29, 1.82) is 0 Å². The molecule has 0 saturated heterocycles. The van der Waals surface area contributed by atoms with Gasteiger partial charge in [0.25, 0.3) is 0 Å². The summed E-state index contributed by atoms with van der Waals surface area (Å²) in [5, 5.41) is 4.33. The molecule has 2 N–H and O–H groups in total. The first kappa shape index (κ1) is 28.7. The maximum Gasteiger partial charge on any atom is 0.136 e. The lowest BCUT2D eigenvalue weighted by Crippen LogP contribution is -1.94. The SMILES string of the molecule is C/C=C\c1ccc2cc(-c3cc(-c4ccc5c(c4)oc4cccc(-c6ccccc6)c45)cc(-c4cccc5cccnc45)c3)cnc2c1N. The summed E-state index contributed by atoms with van der Waals surface area (Å²) in [6.07, 6.45) is 7.79. The molecular formula is C45H31N3O. The summed E-state index contributed by atoms with van der Waals surface area (Å²) in [6.45, 7) is 1.99. The van der Waals surface area contributed by atoms with Gasteiger partial charge in [-0.15, -0.1) is 0 Å². The van der Waals surface area contributed by atoms with E-state index in [2.05, 4.69) is 121 Å². The molecule has 6 aromatic carbocycles. The van der Waals surface area contributed by atoms with Crippen molar-refractivity contribution in [2.75, 3.05) is 5.73 Å². The molecule has 0 unspecified atom stereocenters. The molecule has 0 aliphatic rings. The summed E-state index contributed by atoms with van der Waals surface area (Å²) in [4.78, 5) is 9.65. The number of anilines is 1. The Morgan fingerprint density at radius 1 is 0.551 bits per heavy atom. The maximum atomic E-state index is 6.53. The van der Waals surface area contributed by atoms with Crippen LogP contribution in [0, 0.1) is 0 Å². The molecule has 9 rings (SSSR count). The van der Waals surface area contributed by atoms with E-state index in [9.17, 15) is 0 Å². The van der Waals surface area contributed by atoms with Crippen molar-refractivity contribution in [2.45, 2.75) is 6.92 Å². The van der Waals surface area contributed by atoms with Gasteiger partial charge in [0, 0.05) is 45.1 Å². The van der Waals surface area contributed by atoms with Gasteiger partial charge in [-0.3, -0.25) is 9.97 Å². The highest BCUT2D eigenvalue weighted by atomic mass is 16.3. The quantitative estimate of drug-likeness (QED) is 0.192. The number of hydrogen-bond donors (Lipinski definition) is 1. The van der Waals surface area contributed by atoms with E-state index in [4.69, 9.17) is 20.1 Å². The average molecular weight is 630 g/mol. The lowest BCUT2D eigenvalue weighted by Gasteiger charge is -2.13. The standard InChI is InChI=1S/C45H31N3O/c1-2-9-29-17-18-32-22-36(27-48-45(32)43(29)46)34-23-33(24-35(25-34)38-15-6-12-30-13-8-21-47-44(30)38)31-19-20-39-41(26-31)49-40-16-7-14-37(42(39)40)28-10-4-3-5-11-28/h2-27H,46H2,1H3/b9-2-. The number of aromatic nitrogens is 2. The number of nitrogens with two attached hydrogens (primary N) is 1. The Labute approximate surface area is 283 Å². The van der Waals surface area contributed by atoms with Gasteiger partial charge in [-0.2, -0.15) is 0 Å². The minimum atomic E-state index is 0.688. The van der Waals surface area contributed by atoms with Crippen LogP contribution in [0.3, 0.4) is 0 Å². The monoisotopic (exact) mass is 629 g/mol. The second kappa shape index (κ2) is 11.6. The zero-order valence-corrected chi connectivity index (χ0v) is 26.9. The van der Waals surface area contributed by atoms with E-state index in [1.165, 1.54) is 11.1 Å². The van der Waals surface area contributed by atoms with Gasteiger partial charge < -0.3 is 10.2 Å². The fourth-order valence-corrected chi connectivity index (χ4v) is 7.04. The molecule has 4 nitrogen and oxygen atoms in total. The smallest absolute Gasteiger partial charge is 0.136 e. The van der Waals surface area contributed by atoms with E-state index in [1.54, 1.807) is 0 Å². The second-order valence-electron chi connectivity index (χ2n) is 12.4. The molecule has 0 radical (unpaired) electrons. The largest absolute Gasteiger partial charge is 0.456 e. The molecule has 4 heteroatoms. The Morgan fingerprint density at radius 2 is 1.35 bits per heavy atom. The van der Waals surface area contributed by atoms with Crippen molar-refractivity contribution in [3.05, 3.63) is 157 Å². The molecule has 0 amide bonds. The molecule has 49 heavy (non-hydrogen) atoms. The molecule has 0 bridgehead atoms. The number of rotatable bonds is 5. The van der Waals surface area contributed by atoms with E-state index in [0.717, 1.165) is 82.7 Å². The third-order valence-corrected chi connectivity index (χ3v) is 9.40. The number of nitrogens with zero attached hydrogens (tertiary/aromatic N) is 2. The summed E-state index contributed by atoms with van der Waals surface area (Å²) in [7, 11) is 0. The van der Waals surface area contributed by atoms with Gasteiger partial charge in [0.1, 0.15) is 11.2 Å². The molecule has 232 valence electrons. The Morgan fingerprint density at radius 3 is 2.22 bits per heavy atom. The Balaban J connectivity index is 1.24. The lowest BCUT2D eigenvalue weighted by atomic mass is 9.92. The highest BCUT2D eigenvalue weighted by Gasteiger charge is 2.16. The summed E-state index contributed by atoms with van der Waals surface area (Å²) < 4.78 is 6.51. The van der Waals surface area contributed by atoms with Crippen molar-refractivity contribution in [3.63, 3.8) is 0 Å². The Bertz CT molecular complexity index is 2740. The van der Waals surface area contributed by atoms with Gasteiger partial charge >= 0.3 is 0 Å². The summed E-state index contributed by atoms with van der Waals surface area (Å²) in [6, 6.07) is 46.8. The zero-order valence-electron chi connectivity index (χ0n) is 26.9. The van der Waals surface area contributed by atoms with Crippen LogP contribution >= 0.6 is 0 Å². The molecule has 0 saturated carbocycles. The number of fused-ring (bicyclic) bond motifs is 5. The zero-order chi connectivity index (χ0) is 32.9. The van der Waals surface area contributed by atoms with Crippen LogP contribution in [-0.2, 0) is 0 Å². The number of hydrogen-bond acceptors (Lipinski definition) is 4. The minimum Gasteiger partial charge on any atom is -0.456 e. The highest BCUT2D eigenvalue weighted by molar-refractivity contribution is 6.13. The van der Waals surface area contributed by atoms with E-state index in [0.29, 0.717) is 5.69 Å². The first-order chi connectivity index (χ1) is 24.1. The first-order valence-electron chi connectivity index (χ1n) is 16.5. The van der Waals surface area contributed by atoms with E-state index in [1.807, 2.05) is 43.6 Å². The maximum absolute atomic E-state index is 6.53. The van der Waals surface area contributed by atoms with Crippen LogP contribution in [0.15, 0.2) is 156 Å². The Kier molecular flexibility index (Phi) is 6.80. The van der Waals surface area contributed by atoms with Crippen LogP contribution in [0.5, 0.6) is 0 Å². The van der Waals surface area contributed by atoms with Crippen LogP contribution in [-0.4, -0.2) is 9.97 Å². The molecule has 0 fully saturated rings. The van der Waals surface area contributed by atoms with Gasteiger partial charge in [0.2, 0.25) is 0 Å². The van der Waals surface area contributed by atoms with Gasteiger partial charge in [-0.1, -0.05) is 97.1 Å². The van der Waals surface area contributed by atoms with Gasteiger partial charge in [-0.05, 0) is 94.4 Å². The van der Waals surface area contributed by atoms with E-state index >= 15 is 0 Å². The van der Waals surface area contributed by atoms with Crippen molar-refractivity contribution >= 4 is 55.5 Å². The number of allylic oxidation sites excluding steroid dienone is 1. The number of pyridine rings is 2. The molecule has 9 aromatic rings. The van der Waals surface area contributed by atoms with Crippen LogP contribution in [0.1, 0.15) is 12.5 Å². The molecule has 0 aliphatic carbocycles. The van der Waals surface area contributed by atoms with Gasteiger partial charge in [0.05, 0.1) is 16.7 Å². The normalized spacial score (nSPS) is 11.8. The van der Waals surface area contributed by atoms with Crippen LogP contribution < -0.4 is 5.73 Å². The fraction of sp³-hybridized carbons (Fsp3) is 0.0222. The molecule has 0 spiro atoms. The van der Waals surface area contributed by atoms with Crippen molar-refractivity contribution in [1.82, 2.24) is 9.97 Å². The van der Waals surface area contributed by atoms with Crippen LogP contribution in [0.2, 0.25) is 0 Å². The predicted octanol–water partition coefficient (Wildman–Crippen LogP) is 12.0. The highest BCUT2D eigenvalue weighted by Crippen LogP contribution is 2.40. The summed E-state index contributed by atoms with van der Waals surface area (Å²) >= 11 is 0. The van der Waals surface area contributed by atoms with Crippen molar-refractivity contribution in [2.24, 2.45) is 0 Å². The van der Waals surface area contributed by atoms with E-state index in [-0.39, 0.29) is 0 Å². The predicted molar refractivity (Wildman–Crippen MR) is 205 cm³/mol. The van der Waals surface area contributed by atoms with Crippen molar-refractivity contribution in [3.8, 4) is 44.5 Å². The lowest BCUT2D eigenvalue weighted by molar-refractivity contribution is 0.669. The van der Waals surface area contributed by atoms with Gasteiger partial charge in [0.15, 0.2) is 0 Å². The molecular weight excluding hydrogens is 599 g/mol. The third-order valence-electron chi connectivity index (χ3n) is 9.40. The molecule has 3 heterocycles. The van der Waals surface area contributed by atoms with Crippen LogP contribution in [0.25, 0.3) is 94.3 Å². The van der Waals surface area contributed by atoms with E-state index < -0.39 is 0 Å². The topological polar surface area (TPSA) is 64.9 Å². The van der Waals surface area contributed by atoms with Crippen LogP contribution in [0.4, 0.5) is 5.69 Å². The van der Waals surface area contributed by atoms with Crippen molar-refractivity contribution < 1.29 is 4.42 Å². The molecule has 0 atom stereocenters. The number of para-hydroxylation sites is 1. The second-order valence-corrected chi connectivity index (χ2v) is 12.4. The van der Waals surface area contributed by atoms with Gasteiger partial charge in [-0.25, -0.2) is 0 Å². The minimum absolute atomic E-state index is 0.688. The number of furan rings is 1. The number of benzene rings is 6. The third kappa shape index (κ3) is 4.93. The molecule has 3 aromatic heterocycles.